The van der Waals surface area contributed by atoms with E-state index >= 15 is 0 Å². The zero-order valence-electron chi connectivity index (χ0n) is 17.2. The average molecular weight is 416 g/mol. The first-order chi connectivity index (χ1) is 13.5. The molecule has 0 saturated heterocycles. The van der Waals surface area contributed by atoms with E-state index in [1.807, 2.05) is 12.1 Å². The first kappa shape index (κ1) is 20.9. The number of nitrogens with one attached hydrogen (secondary N) is 1. The van der Waals surface area contributed by atoms with Crippen LogP contribution in [0.4, 0.5) is 5.69 Å². The van der Waals surface area contributed by atoms with E-state index in [1.165, 1.54) is 0 Å². The molecule has 0 fully saturated rings. The lowest BCUT2D eigenvalue weighted by atomic mass is 9.87. The molecular weight excluding hydrogens is 390 g/mol. The summed E-state index contributed by atoms with van der Waals surface area (Å²) in [4.78, 5) is 12.4. The molecule has 6 nitrogen and oxygen atoms in total. The topological polar surface area (TPSA) is 85.6 Å². The normalized spacial score (nSPS) is 12.2. The van der Waals surface area contributed by atoms with Crippen LogP contribution in [-0.4, -0.2) is 21.0 Å². The van der Waals surface area contributed by atoms with Gasteiger partial charge in [0.2, 0.25) is 0 Å². The van der Waals surface area contributed by atoms with Gasteiger partial charge in [0, 0.05) is 11.1 Å². The second kappa shape index (κ2) is 7.55. The Kier molecular flexibility index (Phi) is 5.45. The minimum absolute atomic E-state index is 0.0661. The third kappa shape index (κ3) is 4.29. The number of carbonyl (C=O) groups excluding carboxylic acids is 1. The number of hydrogen-bond acceptors (Lipinski definition) is 5. The quantitative estimate of drug-likeness (QED) is 0.592. The van der Waals surface area contributed by atoms with Crippen molar-refractivity contribution in [3.63, 3.8) is 0 Å². The fourth-order valence-corrected chi connectivity index (χ4v) is 4.14. The summed E-state index contributed by atoms with van der Waals surface area (Å²) in [6.45, 7) is 9.84. The predicted molar refractivity (Wildman–Crippen MR) is 113 cm³/mol. The van der Waals surface area contributed by atoms with Crippen molar-refractivity contribution >= 4 is 32.6 Å². The number of aryl methyl sites for hydroxylation is 1. The van der Waals surface area contributed by atoms with E-state index in [1.54, 1.807) is 44.2 Å². The lowest BCUT2D eigenvalue weighted by molar-refractivity contribution is 0.0526. The predicted octanol–water partition coefficient (Wildman–Crippen LogP) is 5.02. The van der Waals surface area contributed by atoms with Crippen LogP contribution in [0.3, 0.4) is 0 Å². The van der Waals surface area contributed by atoms with E-state index in [0.29, 0.717) is 28.0 Å². The third-order valence-electron chi connectivity index (χ3n) is 4.63. The molecule has 0 bridgehead atoms. The van der Waals surface area contributed by atoms with Crippen LogP contribution in [0.15, 0.2) is 51.8 Å². The Morgan fingerprint density at radius 3 is 2.34 bits per heavy atom. The van der Waals surface area contributed by atoms with Crippen LogP contribution in [0.2, 0.25) is 0 Å². The lowest BCUT2D eigenvalue weighted by Gasteiger charge is -2.19. The van der Waals surface area contributed by atoms with E-state index in [0.717, 1.165) is 5.56 Å². The van der Waals surface area contributed by atoms with Gasteiger partial charge in [-0.05, 0) is 55.2 Å². The van der Waals surface area contributed by atoms with Gasteiger partial charge in [0.1, 0.15) is 16.9 Å². The van der Waals surface area contributed by atoms with Crippen molar-refractivity contribution in [1.82, 2.24) is 0 Å². The number of benzene rings is 2. The van der Waals surface area contributed by atoms with Crippen LogP contribution >= 0.6 is 0 Å². The number of furan rings is 1. The first-order valence-corrected chi connectivity index (χ1v) is 10.8. The van der Waals surface area contributed by atoms with Crippen molar-refractivity contribution in [3.8, 4) is 0 Å². The maximum Gasteiger partial charge on any atom is 0.342 e. The molecule has 0 spiro atoms. The minimum Gasteiger partial charge on any atom is -0.462 e. The van der Waals surface area contributed by atoms with Crippen LogP contribution in [0.25, 0.3) is 11.0 Å². The lowest BCUT2D eigenvalue weighted by Crippen LogP contribution is -2.15. The number of fused-ring (bicyclic) bond motifs is 1. The molecule has 154 valence electrons. The Labute approximate surface area is 170 Å². The van der Waals surface area contributed by atoms with Crippen molar-refractivity contribution in [2.24, 2.45) is 0 Å². The molecule has 2 aromatic carbocycles. The SMILES string of the molecule is CCOC(=O)c1c(C)oc2ccc(NS(=O)(=O)c3ccc(C(C)(C)C)cc3)cc12. The largest absolute Gasteiger partial charge is 0.462 e. The van der Waals surface area contributed by atoms with Crippen LogP contribution in [-0.2, 0) is 20.2 Å². The number of rotatable bonds is 5. The van der Waals surface area contributed by atoms with Crippen LogP contribution in [0, 0.1) is 6.92 Å². The summed E-state index contributed by atoms with van der Waals surface area (Å²) >= 11 is 0. The van der Waals surface area contributed by atoms with Crippen LogP contribution < -0.4 is 4.72 Å². The fourth-order valence-electron chi connectivity index (χ4n) is 3.09. The molecule has 29 heavy (non-hydrogen) atoms. The molecule has 1 aromatic heterocycles. The molecule has 0 aliphatic heterocycles. The van der Waals surface area contributed by atoms with Crippen molar-refractivity contribution < 1.29 is 22.4 Å². The Morgan fingerprint density at radius 1 is 1.10 bits per heavy atom. The van der Waals surface area contributed by atoms with E-state index in [-0.39, 0.29) is 16.9 Å². The van der Waals surface area contributed by atoms with Gasteiger partial charge in [0.05, 0.1) is 11.5 Å². The van der Waals surface area contributed by atoms with Gasteiger partial charge in [-0.15, -0.1) is 0 Å². The Bertz CT molecular complexity index is 1150. The number of carbonyl (C=O) groups is 1. The summed E-state index contributed by atoms with van der Waals surface area (Å²) in [5, 5.41) is 0.504. The van der Waals surface area contributed by atoms with E-state index in [2.05, 4.69) is 25.5 Å². The molecule has 0 atom stereocenters. The second-order valence-corrected chi connectivity index (χ2v) is 9.53. The van der Waals surface area contributed by atoms with E-state index < -0.39 is 16.0 Å². The summed E-state index contributed by atoms with van der Waals surface area (Å²) in [7, 11) is -3.78. The molecule has 0 saturated carbocycles. The Hall–Kier alpha value is -2.80. The van der Waals surface area contributed by atoms with Gasteiger partial charge in [-0.3, -0.25) is 4.72 Å². The highest BCUT2D eigenvalue weighted by Gasteiger charge is 2.21. The summed E-state index contributed by atoms with van der Waals surface area (Å²) in [6.07, 6.45) is 0. The maximum atomic E-state index is 12.8. The maximum absolute atomic E-state index is 12.8. The van der Waals surface area contributed by atoms with Crippen molar-refractivity contribution in [2.75, 3.05) is 11.3 Å². The Morgan fingerprint density at radius 2 is 1.76 bits per heavy atom. The number of esters is 1. The van der Waals surface area contributed by atoms with Gasteiger partial charge in [-0.25, -0.2) is 13.2 Å². The van der Waals surface area contributed by atoms with Gasteiger partial charge >= 0.3 is 5.97 Å². The Balaban J connectivity index is 1.94. The summed E-state index contributed by atoms with van der Waals surface area (Å²) in [5.74, 6) is -0.0715. The van der Waals surface area contributed by atoms with Crippen molar-refractivity contribution in [3.05, 3.63) is 59.4 Å². The zero-order valence-corrected chi connectivity index (χ0v) is 18.0. The molecule has 0 aliphatic rings. The summed E-state index contributed by atoms with van der Waals surface area (Å²) < 4.78 is 38.9. The molecule has 0 radical (unpaired) electrons. The highest BCUT2D eigenvalue weighted by Crippen LogP contribution is 2.30. The minimum atomic E-state index is -3.78. The standard InChI is InChI=1S/C22H25NO5S/c1-6-27-21(24)20-14(2)28-19-12-9-16(13-18(19)20)23-29(25,26)17-10-7-15(8-11-17)22(3,4)5/h7-13,23H,6H2,1-5H3. The first-order valence-electron chi connectivity index (χ1n) is 9.36. The smallest absolute Gasteiger partial charge is 0.342 e. The summed E-state index contributed by atoms with van der Waals surface area (Å²) in [6, 6.07) is 11.6. The van der Waals surface area contributed by atoms with Gasteiger partial charge in [-0.2, -0.15) is 0 Å². The third-order valence-corrected chi connectivity index (χ3v) is 6.02. The molecule has 3 rings (SSSR count). The zero-order chi connectivity index (χ0) is 21.4. The molecule has 7 heteroatoms. The summed E-state index contributed by atoms with van der Waals surface area (Å²) in [5.41, 5.74) is 2.11. The number of anilines is 1. The molecule has 3 aromatic rings. The average Bonchev–Trinajstić information content (AvgIpc) is 2.96. The molecule has 1 N–H and O–H groups in total. The highest BCUT2D eigenvalue weighted by atomic mass is 32.2. The molecule has 0 aliphatic carbocycles. The van der Waals surface area contributed by atoms with Gasteiger partial charge in [0.15, 0.2) is 0 Å². The van der Waals surface area contributed by atoms with Gasteiger partial charge in [-0.1, -0.05) is 32.9 Å². The van der Waals surface area contributed by atoms with Crippen molar-refractivity contribution in [1.29, 1.82) is 0 Å². The number of hydrogen-bond donors (Lipinski definition) is 1. The van der Waals surface area contributed by atoms with Gasteiger partial charge < -0.3 is 9.15 Å². The van der Waals surface area contributed by atoms with Crippen LogP contribution in [0.5, 0.6) is 0 Å². The second-order valence-electron chi connectivity index (χ2n) is 7.84. The molecular formula is C22H25NO5S. The van der Waals surface area contributed by atoms with Crippen LogP contribution in [0.1, 0.15) is 49.4 Å². The van der Waals surface area contributed by atoms with Gasteiger partial charge in [0.25, 0.3) is 10.0 Å². The molecule has 0 amide bonds. The monoisotopic (exact) mass is 415 g/mol. The number of ether oxygens (including phenoxy) is 1. The van der Waals surface area contributed by atoms with E-state index in [9.17, 15) is 13.2 Å². The molecule has 0 unspecified atom stereocenters. The number of sulfonamides is 1. The fraction of sp³-hybridized carbons (Fsp3) is 0.318. The highest BCUT2D eigenvalue weighted by molar-refractivity contribution is 7.92. The molecule has 1 heterocycles. The van der Waals surface area contributed by atoms with Crippen molar-refractivity contribution in [2.45, 2.75) is 44.9 Å². The van der Waals surface area contributed by atoms with E-state index in [4.69, 9.17) is 9.15 Å².